The Morgan fingerprint density at radius 2 is 2.26 bits per heavy atom. The highest BCUT2D eigenvalue weighted by Gasteiger charge is 2.35. The summed E-state index contributed by atoms with van der Waals surface area (Å²) >= 11 is 0. The molecule has 0 bridgehead atoms. The molecule has 1 heterocycles. The van der Waals surface area contributed by atoms with Crippen LogP contribution in [0.3, 0.4) is 0 Å². The molecule has 1 aliphatic heterocycles. The minimum atomic E-state index is 0.104. The molecular weight excluding hydrogens is 240 g/mol. The summed E-state index contributed by atoms with van der Waals surface area (Å²) in [6.07, 6.45) is 0.978. The number of benzene rings is 1. The summed E-state index contributed by atoms with van der Waals surface area (Å²) in [4.78, 5) is 13.7. The molecule has 0 saturated carbocycles. The zero-order valence-electron chi connectivity index (χ0n) is 11.8. The van der Waals surface area contributed by atoms with E-state index in [0.717, 1.165) is 29.8 Å². The fraction of sp³-hybridized carbons (Fsp3) is 0.533. The van der Waals surface area contributed by atoms with E-state index in [2.05, 4.69) is 6.07 Å². The first-order chi connectivity index (χ1) is 9.08. The van der Waals surface area contributed by atoms with Gasteiger partial charge in [-0.25, -0.2) is 0 Å². The average molecular weight is 262 g/mol. The van der Waals surface area contributed by atoms with Gasteiger partial charge in [0.1, 0.15) is 5.75 Å². The van der Waals surface area contributed by atoms with Crippen LogP contribution in [-0.2, 0) is 4.79 Å². The minimum absolute atomic E-state index is 0.104. The summed E-state index contributed by atoms with van der Waals surface area (Å²) in [6.45, 7) is 5.06. The van der Waals surface area contributed by atoms with Gasteiger partial charge in [-0.15, -0.1) is 0 Å². The van der Waals surface area contributed by atoms with Crippen LogP contribution >= 0.6 is 0 Å². The normalized spacial score (nSPS) is 22.6. The summed E-state index contributed by atoms with van der Waals surface area (Å²) in [5.74, 6) is 1.34. The second kappa shape index (κ2) is 5.61. The second-order valence-electron chi connectivity index (χ2n) is 5.17. The summed E-state index contributed by atoms with van der Waals surface area (Å²) in [5.41, 5.74) is 8.10. The number of nitrogens with two attached hydrogens (primary N) is 1. The number of carbonyl (C=O) groups excluding carboxylic acids is 1. The zero-order valence-corrected chi connectivity index (χ0v) is 11.8. The Morgan fingerprint density at radius 3 is 2.79 bits per heavy atom. The van der Waals surface area contributed by atoms with Gasteiger partial charge in [-0.05, 0) is 43.0 Å². The van der Waals surface area contributed by atoms with Crippen molar-refractivity contribution in [2.75, 3.05) is 20.2 Å². The first kappa shape index (κ1) is 13.9. The summed E-state index contributed by atoms with van der Waals surface area (Å²) in [6, 6.07) is 6.22. The lowest BCUT2D eigenvalue weighted by Crippen LogP contribution is -2.31. The van der Waals surface area contributed by atoms with Crippen molar-refractivity contribution in [1.82, 2.24) is 4.90 Å². The third kappa shape index (κ3) is 2.59. The van der Waals surface area contributed by atoms with Gasteiger partial charge in [-0.1, -0.05) is 12.1 Å². The summed E-state index contributed by atoms with van der Waals surface area (Å²) < 4.78 is 5.28. The molecule has 4 nitrogen and oxygen atoms in total. The van der Waals surface area contributed by atoms with Crippen molar-refractivity contribution >= 4 is 5.91 Å². The van der Waals surface area contributed by atoms with E-state index in [9.17, 15) is 4.79 Å². The van der Waals surface area contributed by atoms with Crippen LogP contribution < -0.4 is 10.5 Å². The molecule has 1 amide bonds. The van der Waals surface area contributed by atoms with Gasteiger partial charge in [0.05, 0.1) is 13.2 Å². The van der Waals surface area contributed by atoms with Crippen LogP contribution in [-0.4, -0.2) is 31.0 Å². The van der Waals surface area contributed by atoms with Crippen molar-refractivity contribution in [1.29, 1.82) is 0 Å². The summed E-state index contributed by atoms with van der Waals surface area (Å²) in [7, 11) is 1.67. The molecule has 0 aliphatic carbocycles. The van der Waals surface area contributed by atoms with E-state index in [1.807, 2.05) is 24.0 Å². The van der Waals surface area contributed by atoms with E-state index in [1.165, 1.54) is 0 Å². The number of ether oxygens (including phenoxy) is 1. The van der Waals surface area contributed by atoms with Gasteiger partial charge in [0.25, 0.3) is 0 Å². The number of amides is 1. The Morgan fingerprint density at radius 1 is 1.53 bits per heavy atom. The molecule has 2 rings (SSSR count). The number of rotatable bonds is 3. The molecule has 1 aromatic rings. The van der Waals surface area contributed by atoms with E-state index in [0.29, 0.717) is 12.5 Å². The quantitative estimate of drug-likeness (QED) is 0.904. The first-order valence-corrected chi connectivity index (χ1v) is 6.70. The lowest BCUT2D eigenvalue weighted by molar-refractivity contribution is -0.130. The lowest BCUT2D eigenvalue weighted by Gasteiger charge is -2.28. The lowest BCUT2D eigenvalue weighted by atomic mass is 9.92. The van der Waals surface area contributed by atoms with Crippen molar-refractivity contribution in [2.45, 2.75) is 26.3 Å². The van der Waals surface area contributed by atoms with Crippen LogP contribution in [0.25, 0.3) is 0 Å². The Kier molecular flexibility index (Phi) is 4.10. The third-order valence-corrected chi connectivity index (χ3v) is 3.99. The molecule has 0 radical (unpaired) electrons. The number of hydrogen-bond acceptors (Lipinski definition) is 3. The Balaban J connectivity index is 2.36. The SMILES string of the molecule is COc1ccc(C2C(CN)CCN2C(C)=O)cc1C. The average Bonchev–Trinajstić information content (AvgIpc) is 2.82. The third-order valence-electron chi connectivity index (χ3n) is 3.99. The molecular formula is C15H22N2O2. The highest BCUT2D eigenvalue weighted by atomic mass is 16.5. The molecule has 0 aromatic heterocycles. The Bertz CT molecular complexity index is 473. The minimum Gasteiger partial charge on any atom is -0.496 e. The number of hydrogen-bond donors (Lipinski definition) is 1. The van der Waals surface area contributed by atoms with E-state index in [4.69, 9.17) is 10.5 Å². The van der Waals surface area contributed by atoms with Crippen LogP contribution in [0, 0.1) is 12.8 Å². The van der Waals surface area contributed by atoms with Crippen LogP contribution in [0.15, 0.2) is 18.2 Å². The molecule has 19 heavy (non-hydrogen) atoms. The number of methoxy groups -OCH3 is 1. The molecule has 2 atom stereocenters. The highest BCUT2D eigenvalue weighted by Crippen LogP contribution is 2.38. The summed E-state index contributed by atoms with van der Waals surface area (Å²) in [5, 5.41) is 0. The number of nitrogens with zero attached hydrogens (tertiary/aromatic N) is 1. The zero-order chi connectivity index (χ0) is 14.0. The molecule has 104 valence electrons. The largest absolute Gasteiger partial charge is 0.496 e. The fourth-order valence-electron chi connectivity index (χ4n) is 2.99. The number of aryl methyl sites for hydroxylation is 1. The molecule has 2 N–H and O–H groups in total. The van der Waals surface area contributed by atoms with Crippen LogP contribution in [0.4, 0.5) is 0 Å². The number of carbonyl (C=O) groups is 1. The monoisotopic (exact) mass is 262 g/mol. The van der Waals surface area contributed by atoms with E-state index < -0.39 is 0 Å². The van der Waals surface area contributed by atoms with Crippen molar-refractivity contribution in [3.05, 3.63) is 29.3 Å². The topological polar surface area (TPSA) is 55.6 Å². The molecule has 1 aliphatic rings. The van der Waals surface area contributed by atoms with Gasteiger partial charge in [0.2, 0.25) is 5.91 Å². The highest BCUT2D eigenvalue weighted by molar-refractivity contribution is 5.74. The Labute approximate surface area is 114 Å². The van der Waals surface area contributed by atoms with Gasteiger partial charge in [-0.3, -0.25) is 4.79 Å². The molecule has 2 unspecified atom stereocenters. The predicted molar refractivity (Wildman–Crippen MR) is 75.0 cm³/mol. The van der Waals surface area contributed by atoms with Crippen LogP contribution in [0.2, 0.25) is 0 Å². The smallest absolute Gasteiger partial charge is 0.219 e. The second-order valence-corrected chi connectivity index (χ2v) is 5.17. The van der Waals surface area contributed by atoms with E-state index in [-0.39, 0.29) is 11.9 Å². The predicted octanol–water partition coefficient (Wildman–Crippen LogP) is 1.87. The van der Waals surface area contributed by atoms with Gasteiger partial charge in [-0.2, -0.15) is 0 Å². The van der Waals surface area contributed by atoms with Crippen molar-refractivity contribution in [3.63, 3.8) is 0 Å². The van der Waals surface area contributed by atoms with Crippen LogP contribution in [0.5, 0.6) is 5.75 Å². The maximum Gasteiger partial charge on any atom is 0.219 e. The maximum absolute atomic E-state index is 11.8. The fourth-order valence-corrected chi connectivity index (χ4v) is 2.99. The Hall–Kier alpha value is -1.55. The van der Waals surface area contributed by atoms with E-state index >= 15 is 0 Å². The molecule has 0 spiro atoms. The number of likely N-dealkylation sites (tertiary alicyclic amines) is 1. The van der Waals surface area contributed by atoms with Crippen molar-refractivity contribution in [2.24, 2.45) is 11.7 Å². The van der Waals surface area contributed by atoms with Crippen molar-refractivity contribution in [3.8, 4) is 5.75 Å². The standard InChI is InChI=1S/C15H22N2O2/c1-10-8-12(4-5-14(10)19-3)15-13(9-16)6-7-17(15)11(2)18/h4-5,8,13,15H,6-7,9,16H2,1-3H3. The van der Waals surface area contributed by atoms with Crippen LogP contribution in [0.1, 0.15) is 30.5 Å². The van der Waals surface area contributed by atoms with E-state index in [1.54, 1.807) is 14.0 Å². The molecule has 1 aromatic carbocycles. The van der Waals surface area contributed by atoms with Gasteiger partial charge in [0.15, 0.2) is 0 Å². The van der Waals surface area contributed by atoms with Gasteiger partial charge < -0.3 is 15.4 Å². The molecule has 1 fully saturated rings. The molecule has 1 saturated heterocycles. The first-order valence-electron chi connectivity index (χ1n) is 6.70. The van der Waals surface area contributed by atoms with Crippen molar-refractivity contribution < 1.29 is 9.53 Å². The van der Waals surface area contributed by atoms with Gasteiger partial charge in [0, 0.05) is 13.5 Å². The maximum atomic E-state index is 11.8. The molecule has 4 heteroatoms. The van der Waals surface area contributed by atoms with Gasteiger partial charge >= 0.3 is 0 Å².